The van der Waals surface area contributed by atoms with Crippen LogP contribution in [0.3, 0.4) is 0 Å². The lowest BCUT2D eigenvalue weighted by Crippen LogP contribution is -2.48. The van der Waals surface area contributed by atoms with Gasteiger partial charge in [-0.1, -0.05) is 18.2 Å². The molecular formula is C17H19NO4. The maximum atomic E-state index is 12.7. The smallest absolute Gasteiger partial charge is 0.311 e. The second-order valence-electron chi connectivity index (χ2n) is 6.25. The number of benzene rings is 1. The van der Waals surface area contributed by atoms with E-state index < -0.39 is 11.4 Å². The average Bonchev–Trinajstić information content (AvgIpc) is 2.84. The Morgan fingerprint density at radius 3 is 2.73 bits per heavy atom. The van der Waals surface area contributed by atoms with Crippen molar-refractivity contribution in [2.45, 2.75) is 26.7 Å². The predicted octanol–water partition coefficient (Wildman–Crippen LogP) is 3.07. The Morgan fingerprint density at radius 2 is 2.05 bits per heavy atom. The topological polar surface area (TPSA) is 70.8 Å². The van der Waals surface area contributed by atoms with Crippen LogP contribution < -0.4 is 0 Å². The number of piperidine rings is 1. The molecule has 5 heteroatoms. The van der Waals surface area contributed by atoms with Gasteiger partial charge in [0.25, 0.3) is 5.91 Å². The zero-order valence-electron chi connectivity index (χ0n) is 12.8. The van der Waals surface area contributed by atoms with Crippen LogP contribution in [0.2, 0.25) is 0 Å². The van der Waals surface area contributed by atoms with Gasteiger partial charge in [-0.2, -0.15) is 0 Å². The van der Waals surface area contributed by atoms with Crippen LogP contribution in [0.15, 0.2) is 28.7 Å². The molecule has 0 aliphatic carbocycles. The fourth-order valence-electron chi connectivity index (χ4n) is 3.11. The lowest BCUT2D eigenvalue weighted by atomic mass is 9.82. The molecule has 1 aromatic carbocycles. The lowest BCUT2D eigenvalue weighted by molar-refractivity contribution is -0.150. The van der Waals surface area contributed by atoms with Crippen LogP contribution in [-0.2, 0) is 4.79 Å². The maximum Gasteiger partial charge on any atom is 0.311 e. The van der Waals surface area contributed by atoms with E-state index in [2.05, 4.69) is 0 Å². The minimum atomic E-state index is -0.881. The van der Waals surface area contributed by atoms with Crippen LogP contribution in [0.25, 0.3) is 11.0 Å². The zero-order chi connectivity index (χ0) is 15.9. The SMILES string of the molecule is Cc1c(C(=O)N2CCCC(C)(C(=O)O)C2)oc2ccccc12. The minimum Gasteiger partial charge on any atom is -0.481 e. The number of nitrogens with zero attached hydrogens (tertiary/aromatic N) is 1. The van der Waals surface area contributed by atoms with Crippen LogP contribution in [0.4, 0.5) is 0 Å². The van der Waals surface area contributed by atoms with Crippen molar-refractivity contribution in [3.63, 3.8) is 0 Å². The molecule has 1 fully saturated rings. The third kappa shape index (κ3) is 2.26. The number of aryl methyl sites for hydroxylation is 1. The van der Waals surface area contributed by atoms with Crippen molar-refractivity contribution in [3.8, 4) is 0 Å². The summed E-state index contributed by atoms with van der Waals surface area (Å²) in [6.07, 6.45) is 1.28. The monoisotopic (exact) mass is 301 g/mol. The summed E-state index contributed by atoms with van der Waals surface area (Å²) in [4.78, 5) is 25.8. The molecular weight excluding hydrogens is 282 g/mol. The fraction of sp³-hybridized carbons (Fsp3) is 0.412. The Labute approximate surface area is 128 Å². The van der Waals surface area contributed by atoms with Crippen LogP contribution in [0.5, 0.6) is 0 Å². The van der Waals surface area contributed by atoms with Crippen LogP contribution in [0, 0.1) is 12.3 Å². The van der Waals surface area contributed by atoms with Gasteiger partial charge in [0.2, 0.25) is 0 Å². The molecule has 1 aromatic heterocycles. The van der Waals surface area contributed by atoms with Gasteiger partial charge in [-0.15, -0.1) is 0 Å². The summed E-state index contributed by atoms with van der Waals surface area (Å²) < 4.78 is 5.70. The first kappa shape index (κ1) is 14.6. The van der Waals surface area contributed by atoms with Gasteiger partial charge in [-0.25, -0.2) is 0 Å². The zero-order valence-corrected chi connectivity index (χ0v) is 12.8. The van der Waals surface area contributed by atoms with E-state index in [4.69, 9.17) is 4.42 Å². The fourth-order valence-corrected chi connectivity index (χ4v) is 3.11. The lowest BCUT2D eigenvalue weighted by Gasteiger charge is -2.37. The number of likely N-dealkylation sites (tertiary alicyclic amines) is 1. The first-order valence-corrected chi connectivity index (χ1v) is 7.43. The minimum absolute atomic E-state index is 0.220. The van der Waals surface area contributed by atoms with E-state index in [1.165, 1.54) is 0 Å². The Kier molecular flexibility index (Phi) is 3.43. The van der Waals surface area contributed by atoms with Crippen molar-refractivity contribution in [1.82, 2.24) is 4.90 Å². The standard InChI is InChI=1S/C17H19NO4/c1-11-12-6-3-4-7-13(12)22-14(11)15(19)18-9-5-8-17(2,10-18)16(20)21/h3-4,6-7H,5,8-10H2,1-2H3,(H,20,21). The molecule has 1 aliphatic rings. The van der Waals surface area contributed by atoms with Crippen molar-refractivity contribution in [2.24, 2.45) is 5.41 Å². The summed E-state index contributed by atoms with van der Waals surface area (Å²) in [5.74, 6) is -0.761. The number of carboxylic acids is 1. The highest BCUT2D eigenvalue weighted by molar-refractivity contribution is 5.99. The highest BCUT2D eigenvalue weighted by Crippen LogP contribution is 2.32. The number of hydrogen-bond acceptors (Lipinski definition) is 3. The molecule has 1 atom stereocenters. The third-order valence-corrected chi connectivity index (χ3v) is 4.54. The highest BCUT2D eigenvalue weighted by Gasteiger charge is 2.40. The molecule has 0 saturated carbocycles. The summed E-state index contributed by atoms with van der Waals surface area (Å²) in [6, 6.07) is 7.52. The normalized spacial score (nSPS) is 22.0. The molecule has 0 bridgehead atoms. The third-order valence-electron chi connectivity index (χ3n) is 4.54. The van der Waals surface area contributed by atoms with E-state index in [9.17, 15) is 14.7 Å². The molecule has 1 N–H and O–H groups in total. The number of hydrogen-bond donors (Lipinski definition) is 1. The molecule has 0 spiro atoms. The molecule has 1 saturated heterocycles. The van der Waals surface area contributed by atoms with Crippen molar-refractivity contribution in [1.29, 1.82) is 0 Å². The summed E-state index contributed by atoms with van der Waals surface area (Å²) in [6.45, 7) is 4.34. The molecule has 2 aromatic rings. The van der Waals surface area contributed by atoms with Gasteiger partial charge >= 0.3 is 5.97 Å². The Hall–Kier alpha value is -2.30. The van der Waals surface area contributed by atoms with Crippen molar-refractivity contribution in [2.75, 3.05) is 13.1 Å². The van der Waals surface area contributed by atoms with Gasteiger partial charge in [0.15, 0.2) is 5.76 Å². The summed E-state index contributed by atoms with van der Waals surface area (Å²) >= 11 is 0. The first-order valence-electron chi connectivity index (χ1n) is 7.43. The number of carboxylic acid groups (broad SMARTS) is 1. The number of amides is 1. The molecule has 5 nitrogen and oxygen atoms in total. The van der Waals surface area contributed by atoms with E-state index in [-0.39, 0.29) is 12.5 Å². The summed E-state index contributed by atoms with van der Waals surface area (Å²) in [7, 11) is 0. The van der Waals surface area contributed by atoms with Crippen molar-refractivity contribution in [3.05, 3.63) is 35.6 Å². The van der Waals surface area contributed by atoms with E-state index in [1.807, 2.05) is 31.2 Å². The molecule has 22 heavy (non-hydrogen) atoms. The van der Waals surface area contributed by atoms with Gasteiger partial charge < -0.3 is 14.4 Å². The number of carbonyl (C=O) groups excluding carboxylic acids is 1. The number of rotatable bonds is 2. The first-order chi connectivity index (χ1) is 10.4. The van der Waals surface area contributed by atoms with E-state index >= 15 is 0 Å². The number of fused-ring (bicyclic) bond motifs is 1. The molecule has 1 amide bonds. The average molecular weight is 301 g/mol. The molecule has 1 unspecified atom stereocenters. The molecule has 2 heterocycles. The molecule has 116 valence electrons. The van der Waals surface area contributed by atoms with E-state index in [0.717, 1.165) is 10.9 Å². The van der Waals surface area contributed by atoms with Gasteiger partial charge in [0, 0.05) is 24.0 Å². The van der Waals surface area contributed by atoms with Crippen LogP contribution in [0.1, 0.15) is 35.9 Å². The largest absolute Gasteiger partial charge is 0.481 e. The van der Waals surface area contributed by atoms with Crippen molar-refractivity contribution >= 4 is 22.8 Å². The second-order valence-corrected chi connectivity index (χ2v) is 6.25. The van der Waals surface area contributed by atoms with Crippen LogP contribution in [-0.4, -0.2) is 35.0 Å². The summed E-state index contributed by atoms with van der Waals surface area (Å²) in [5.41, 5.74) is 0.609. The number of para-hydroxylation sites is 1. The summed E-state index contributed by atoms with van der Waals surface area (Å²) in [5, 5.41) is 10.3. The van der Waals surface area contributed by atoms with Gasteiger partial charge in [-0.05, 0) is 32.8 Å². The molecule has 3 rings (SSSR count). The quantitative estimate of drug-likeness (QED) is 0.925. The van der Waals surface area contributed by atoms with E-state index in [0.29, 0.717) is 30.7 Å². The van der Waals surface area contributed by atoms with Gasteiger partial charge in [-0.3, -0.25) is 9.59 Å². The van der Waals surface area contributed by atoms with Crippen LogP contribution >= 0.6 is 0 Å². The Bertz CT molecular complexity index is 748. The maximum absolute atomic E-state index is 12.7. The second kappa shape index (κ2) is 5.16. The van der Waals surface area contributed by atoms with Gasteiger partial charge in [0.05, 0.1) is 5.41 Å². The Balaban J connectivity index is 1.92. The number of furan rings is 1. The Morgan fingerprint density at radius 1 is 1.32 bits per heavy atom. The predicted molar refractivity (Wildman–Crippen MR) is 81.8 cm³/mol. The number of carbonyl (C=O) groups is 2. The number of aliphatic carboxylic acids is 1. The molecule has 0 radical (unpaired) electrons. The van der Waals surface area contributed by atoms with E-state index in [1.54, 1.807) is 11.8 Å². The van der Waals surface area contributed by atoms with Gasteiger partial charge in [0.1, 0.15) is 5.58 Å². The highest BCUT2D eigenvalue weighted by atomic mass is 16.4. The molecule has 1 aliphatic heterocycles. The van der Waals surface area contributed by atoms with Crippen molar-refractivity contribution < 1.29 is 19.1 Å².